The molecular weight excluding hydrogens is 470 g/mol. The van der Waals surface area contributed by atoms with Gasteiger partial charge in [-0.15, -0.1) is 11.8 Å². The van der Waals surface area contributed by atoms with Gasteiger partial charge in [-0.2, -0.15) is 0 Å². The van der Waals surface area contributed by atoms with E-state index in [2.05, 4.69) is 15.6 Å². The van der Waals surface area contributed by atoms with Gasteiger partial charge in [-0.05, 0) is 73.7 Å². The van der Waals surface area contributed by atoms with Crippen LogP contribution >= 0.6 is 23.1 Å². The van der Waals surface area contributed by atoms with Crippen molar-refractivity contribution >= 4 is 55.9 Å². The van der Waals surface area contributed by atoms with E-state index in [0.29, 0.717) is 22.1 Å². The predicted octanol–water partition coefficient (Wildman–Crippen LogP) is 5.69. The number of carbonyl (C=O) groups excluding carboxylic acids is 2. The Morgan fingerprint density at radius 1 is 0.912 bits per heavy atom. The number of fused-ring (bicyclic) bond motifs is 1. The number of hydrogen-bond donors (Lipinski definition) is 2. The van der Waals surface area contributed by atoms with Gasteiger partial charge in [0, 0.05) is 16.1 Å². The Morgan fingerprint density at radius 3 is 2.26 bits per heavy atom. The van der Waals surface area contributed by atoms with Crippen LogP contribution in [0.1, 0.15) is 17.3 Å². The molecule has 0 spiro atoms. The van der Waals surface area contributed by atoms with Crippen molar-refractivity contribution in [1.29, 1.82) is 0 Å². The Bertz CT molecular complexity index is 1300. The van der Waals surface area contributed by atoms with Crippen LogP contribution in [-0.4, -0.2) is 36.3 Å². The third-order valence-electron chi connectivity index (χ3n) is 4.97. The minimum atomic E-state index is -0.332. The van der Waals surface area contributed by atoms with Gasteiger partial charge in [-0.25, -0.2) is 4.98 Å². The number of thioether (sulfide) groups is 1. The van der Waals surface area contributed by atoms with Gasteiger partial charge in [-0.1, -0.05) is 11.3 Å². The molecule has 1 aromatic heterocycles. The molecular formula is C25H23N3O4S2. The molecule has 0 saturated heterocycles. The van der Waals surface area contributed by atoms with E-state index in [1.165, 1.54) is 23.1 Å². The molecule has 34 heavy (non-hydrogen) atoms. The number of carbonyl (C=O) groups is 2. The number of hydrogen-bond acceptors (Lipinski definition) is 7. The van der Waals surface area contributed by atoms with Crippen molar-refractivity contribution < 1.29 is 19.1 Å². The zero-order valence-electron chi connectivity index (χ0n) is 18.8. The van der Waals surface area contributed by atoms with Gasteiger partial charge in [0.1, 0.15) is 11.5 Å². The summed E-state index contributed by atoms with van der Waals surface area (Å²) in [6, 6.07) is 19.9. The molecule has 1 atom stereocenters. The van der Waals surface area contributed by atoms with Crippen LogP contribution < -0.4 is 20.1 Å². The van der Waals surface area contributed by atoms with Crippen molar-refractivity contribution in [3.05, 3.63) is 72.3 Å². The summed E-state index contributed by atoms with van der Waals surface area (Å²) < 4.78 is 11.3. The molecule has 0 bridgehead atoms. The van der Waals surface area contributed by atoms with E-state index in [4.69, 9.17) is 9.47 Å². The lowest BCUT2D eigenvalue weighted by Gasteiger charge is -2.11. The smallest absolute Gasteiger partial charge is 0.255 e. The largest absolute Gasteiger partial charge is 0.497 e. The van der Waals surface area contributed by atoms with Crippen LogP contribution in [0.3, 0.4) is 0 Å². The minimum absolute atomic E-state index is 0.132. The van der Waals surface area contributed by atoms with Crippen molar-refractivity contribution in [3.8, 4) is 11.5 Å². The first kappa shape index (κ1) is 23.6. The van der Waals surface area contributed by atoms with Crippen molar-refractivity contribution in [2.45, 2.75) is 17.1 Å². The average Bonchev–Trinajstić information content (AvgIpc) is 3.26. The Labute approximate surface area is 205 Å². The lowest BCUT2D eigenvalue weighted by atomic mass is 10.2. The van der Waals surface area contributed by atoms with E-state index in [-0.39, 0.29) is 17.1 Å². The second kappa shape index (κ2) is 10.6. The summed E-state index contributed by atoms with van der Waals surface area (Å²) in [5, 5.41) is 5.98. The molecule has 0 aliphatic carbocycles. The second-order valence-electron chi connectivity index (χ2n) is 7.31. The standard InChI is InChI=1S/C25H23N3O4S2/c1-15(23(29)28-25-27-21-13-10-19(32-3)14-22(21)34-25)33-20-11-6-17(7-12-20)26-24(30)16-4-8-18(31-2)9-5-16/h4-15H,1-3H3,(H,26,30)(H,27,28,29). The highest BCUT2D eigenvalue weighted by Gasteiger charge is 2.17. The highest BCUT2D eigenvalue weighted by molar-refractivity contribution is 8.00. The fraction of sp³-hybridized carbons (Fsp3) is 0.160. The fourth-order valence-corrected chi connectivity index (χ4v) is 4.88. The number of amides is 2. The van der Waals surface area contributed by atoms with Crippen LogP contribution in [0.15, 0.2) is 71.6 Å². The van der Waals surface area contributed by atoms with Crippen molar-refractivity contribution in [2.75, 3.05) is 24.9 Å². The Kier molecular flexibility index (Phi) is 7.34. The van der Waals surface area contributed by atoms with Crippen LogP contribution in [0.2, 0.25) is 0 Å². The molecule has 9 heteroatoms. The molecule has 4 aromatic rings. The molecule has 2 amide bonds. The van der Waals surface area contributed by atoms with Gasteiger partial charge >= 0.3 is 0 Å². The molecule has 0 saturated carbocycles. The molecule has 4 rings (SSSR count). The third-order valence-corrected chi connectivity index (χ3v) is 7.02. The molecule has 0 radical (unpaired) electrons. The van der Waals surface area contributed by atoms with Gasteiger partial charge in [0.25, 0.3) is 5.91 Å². The van der Waals surface area contributed by atoms with Gasteiger partial charge in [-0.3, -0.25) is 9.59 Å². The van der Waals surface area contributed by atoms with Gasteiger partial charge in [0.15, 0.2) is 5.13 Å². The summed E-state index contributed by atoms with van der Waals surface area (Å²) in [5.74, 6) is 1.11. The predicted molar refractivity (Wildman–Crippen MR) is 138 cm³/mol. The van der Waals surface area contributed by atoms with Crippen molar-refractivity contribution in [2.24, 2.45) is 0 Å². The Balaban J connectivity index is 1.33. The lowest BCUT2D eigenvalue weighted by Crippen LogP contribution is -2.22. The summed E-state index contributed by atoms with van der Waals surface area (Å²) in [5.41, 5.74) is 2.03. The number of ether oxygens (including phenoxy) is 2. The SMILES string of the molecule is COc1ccc(C(=O)Nc2ccc(SC(C)C(=O)Nc3nc4ccc(OC)cc4s3)cc2)cc1. The molecule has 0 aliphatic heterocycles. The van der Waals surface area contributed by atoms with E-state index < -0.39 is 0 Å². The zero-order valence-corrected chi connectivity index (χ0v) is 20.5. The first-order valence-electron chi connectivity index (χ1n) is 10.4. The van der Waals surface area contributed by atoms with Gasteiger partial charge < -0.3 is 20.1 Å². The molecule has 1 heterocycles. The minimum Gasteiger partial charge on any atom is -0.497 e. The average molecular weight is 494 g/mol. The first-order valence-corrected chi connectivity index (χ1v) is 12.1. The highest BCUT2D eigenvalue weighted by atomic mass is 32.2. The molecule has 7 nitrogen and oxygen atoms in total. The van der Waals surface area contributed by atoms with E-state index in [1.807, 2.05) is 49.4 Å². The fourth-order valence-electron chi connectivity index (χ4n) is 3.11. The third kappa shape index (κ3) is 5.67. The summed E-state index contributed by atoms with van der Waals surface area (Å²) >= 11 is 2.84. The molecule has 0 aliphatic rings. The Morgan fingerprint density at radius 2 is 1.59 bits per heavy atom. The molecule has 2 N–H and O–H groups in total. The normalized spacial score (nSPS) is 11.6. The van der Waals surface area contributed by atoms with Crippen LogP contribution in [0, 0.1) is 0 Å². The highest BCUT2D eigenvalue weighted by Crippen LogP contribution is 2.30. The number of thiazole rings is 1. The monoisotopic (exact) mass is 493 g/mol. The van der Waals surface area contributed by atoms with Crippen LogP contribution in [0.5, 0.6) is 11.5 Å². The number of nitrogens with one attached hydrogen (secondary N) is 2. The lowest BCUT2D eigenvalue weighted by molar-refractivity contribution is -0.115. The number of benzene rings is 3. The molecule has 1 unspecified atom stereocenters. The summed E-state index contributed by atoms with van der Waals surface area (Å²) in [7, 11) is 3.20. The summed E-state index contributed by atoms with van der Waals surface area (Å²) in [6.07, 6.45) is 0. The maximum Gasteiger partial charge on any atom is 0.255 e. The van der Waals surface area contributed by atoms with Crippen LogP contribution in [0.25, 0.3) is 10.2 Å². The maximum absolute atomic E-state index is 12.7. The van der Waals surface area contributed by atoms with Crippen molar-refractivity contribution in [1.82, 2.24) is 4.98 Å². The topological polar surface area (TPSA) is 89.5 Å². The molecule has 174 valence electrons. The van der Waals surface area contributed by atoms with Gasteiger partial charge in [0.2, 0.25) is 5.91 Å². The molecule has 3 aromatic carbocycles. The van der Waals surface area contributed by atoms with E-state index in [0.717, 1.165) is 20.9 Å². The van der Waals surface area contributed by atoms with E-state index >= 15 is 0 Å². The quantitative estimate of drug-likeness (QED) is 0.307. The van der Waals surface area contributed by atoms with E-state index in [9.17, 15) is 9.59 Å². The summed E-state index contributed by atoms with van der Waals surface area (Å²) in [6.45, 7) is 1.84. The summed E-state index contributed by atoms with van der Waals surface area (Å²) in [4.78, 5) is 30.5. The van der Waals surface area contributed by atoms with Gasteiger partial charge in [0.05, 0.1) is 29.7 Å². The number of anilines is 2. The van der Waals surface area contributed by atoms with Crippen LogP contribution in [-0.2, 0) is 4.79 Å². The molecule has 0 fully saturated rings. The number of methoxy groups -OCH3 is 2. The Hall–Kier alpha value is -3.56. The number of aromatic nitrogens is 1. The van der Waals surface area contributed by atoms with Crippen LogP contribution in [0.4, 0.5) is 10.8 Å². The zero-order chi connectivity index (χ0) is 24.1. The number of nitrogens with zero attached hydrogens (tertiary/aromatic N) is 1. The second-order valence-corrected chi connectivity index (χ2v) is 9.75. The number of rotatable bonds is 8. The van der Waals surface area contributed by atoms with Crippen molar-refractivity contribution in [3.63, 3.8) is 0 Å². The van der Waals surface area contributed by atoms with E-state index in [1.54, 1.807) is 38.5 Å². The first-order chi connectivity index (χ1) is 16.4. The maximum atomic E-state index is 12.7.